The Labute approximate surface area is 201 Å². The maximum atomic E-state index is 12.8. The van der Waals surface area contributed by atoms with Gasteiger partial charge in [0.1, 0.15) is 5.75 Å². The Balaban J connectivity index is 1.43. The van der Waals surface area contributed by atoms with Crippen LogP contribution in [0.25, 0.3) is 0 Å². The van der Waals surface area contributed by atoms with Crippen LogP contribution in [0.4, 0.5) is 13.2 Å². The number of benzene rings is 3. The maximum Gasteiger partial charge on any atom is 0.416 e. The highest BCUT2D eigenvalue weighted by Crippen LogP contribution is 2.38. The Kier molecular flexibility index (Phi) is 7.52. The second kappa shape index (κ2) is 10.4. The molecule has 0 aliphatic carbocycles. The molecule has 1 aliphatic rings. The second-order valence-corrected chi connectivity index (χ2v) is 9.19. The van der Waals surface area contributed by atoms with E-state index in [9.17, 15) is 13.2 Å². The minimum atomic E-state index is -4.35. The summed E-state index contributed by atoms with van der Waals surface area (Å²) in [5.41, 5.74) is 1.72. The monoisotopic (exact) mass is 493 g/mol. The zero-order valence-corrected chi connectivity index (χ0v) is 19.4. The van der Waals surface area contributed by atoms with Crippen LogP contribution in [0.3, 0.4) is 0 Å². The molecule has 3 aromatic rings. The van der Waals surface area contributed by atoms with Crippen molar-refractivity contribution in [2.24, 2.45) is 5.92 Å². The maximum absolute atomic E-state index is 12.8. The minimum Gasteiger partial charge on any atom is -0.494 e. The van der Waals surface area contributed by atoms with Crippen molar-refractivity contribution < 1.29 is 17.9 Å². The van der Waals surface area contributed by atoms with Gasteiger partial charge in [0.05, 0.1) is 22.2 Å². The van der Waals surface area contributed by atoms with E-state index in [0.29, 0.717) is 28.3 Å². The Morgan fingerprint density at radius 3 is 2.27 bits per heavy atom. The van der Waals surface area contributed by atoms with Gasteiger partial charge in [-0.1, -0.05) is 59.6 Å². The fourth-order valence-corrected chi connectivity index (χ4v) is 4.72. The standard InChI is InChI=1S/C26H24Cl2F3NO/c27-24-11-6-19(14-25(24)28)23-17-32(15-18-4-2-1-3-5-18)16-20(23)12-13-33-22-9-7-21(8-10-22)26(29,30)31/h1-11,14,20,23H,12-13,15-17H2. The van der Waals surface area contributed by atoms with Crippen molar-refractivity contribution in [2.45, 2.75) is 25.1 Å². The molecule has 0 bridgehead atoms. The van der Waals surface area contributed by atoms with E-state index < -0.39 is 11.7 Å². The molecular formula is C26H24Cl2F3NO. The number of rotatable bonds is 7. The number of likely N-dealkylation sites (tertiary alicyclic amines) is 1. The first-order chi connectivity index (χ1) is 15.8. The third-order valence-electron chi connectivity index (χ3n) is 6.08. The normalized spacial score (nSPS) is 19.1. The number of hydrogen-bond donors (Lipinski definition) is 0. The first kappa shape index (κ1) is 23.9. The second-order valence-electron chi connectivity index (χ2n) is 8.38. The van der Waals surface area contributed by atoms with Crippen LogP contribution >= 0.6 is 23.2 Å². The molecule has 0 amide bonds. The van der Waals surface area contributed by atoms with E-state index in [0.717, 1.165) is 43.8 Å². The fourth-order valence-electron chi connectivity index (χ4n) is 4.41. The van der Waals surface area contributed by atoms with Gasteiger partial charge in [-0.15, -0.1) is 0 Å². The summed E-state index contributed by atoms with van der Waals surface area (Å²) in [5, 5.41) is 1.07. The third-order valence-corrected chi connectivity index (χ3v) is 6.82. The minimum absolute atomic E-state index is 0.264. The molecule has 1 saturated heterocycles. The van der Waals surface area contributed by atoms with E-state index in [1.807, 2.05) is 36.4 Å². The molecule has 3 aromatic carbocycles. The summed E-state index contributed by atoms with van der Waals surface area (Å²) < 4.78 is 44.1. The molecule has 1 heterocycles. The SMILES string of the molecule is FC(F)(F)c1ccc(OCCC2CN(Cc3ccccc3)CC2c2ccc(Cl)c(Cl)c2)cc1. The molecule has 2 nitrogen and oxygen atoms in total. The molecule has 1 aliphatic heterocycles. The van der Waals surface area contributed by atoms with Crippen molar-refractivity contribution in [3.8, 4) is 5.75 Å². The Bertz CT molecular complexity index is 1060. The van der Waals surface area contributed by atoms with Crippen LogP contribution < -0.4 is 4.74 Å². The van der Waals surface area contributed by atoms with Crippen molar-refractivity contribution in [3.05, 3.63) is 99.5 Å². The van der Waals surface area contributed by atoms with Crippen LogP contribution in [-0.4, -0.2) is 24.6 Å². The lowest BCUT2D eigenvalue weighted by atomic mass is 9.87. The molecule has 33 heavy (non-hydrogen) atoms. The zero-order chi connectivity index (χ0) is 23.4. The van der Waals surface area contributed by atoms with E-state index in [4.69, 9.17) is 27.9 Å². The van der Waals surface area contributed by atoms with Crippen LogP contribution in [0.2, 0.25) is 10.0 Å². The summed E-state index contributed by atoms with van der Waals surface area (Å²) in [7, 11) is 0. The molecular weight excluding hydrogens is 470 g/mol. The molecule has 174 valence electrons. The molecule has 1 fully saturated rings. The molecule has 4 rings (SSSR count). The van der Waals surface area contributed by atoms with E-state index in [1.54, 1.807) is 0 Å². The van der Waals surface area contributed by atoms with Gasteiger partial charge in [-0.3, -0.25) is 4.90 Å². The average Bonchev–Trinajstić information content (AvgIpc) is 3.18. The van der Waals surface area contributed by atoms with Crippen LogP contribution in [-0.2, 0) is 12.7 Å². The van der Waals surface area contributed by atoms with Crippen molar-refractivity contribution >= 4 is 23.2 Å². The quantitative estimate of drug-likeness (QED) is 0.334. The van der Waals surface area contributed by atoms with Crippen molar-refractivity contribution in [3.63, 3.8) is 0 Å². The van der Waals surface area contributed by atoms with Gasteiger partial charge in [0.2, 0.25) is 0 Å². The van der Waals surface area contributed by atoms with E-state index in [1.165, 1.54) is 17.7 Å². The highest BCUT2D eigenvalue weighted by atomic mass is 35.5. The van der Waals surface area contributed by atoms with Crippen molar-refractivity contribution in [1.82, 2.24) is 4.90 Å². The highest BCUT2D eigenvalue weighted by molar-refractivity contribution is 6.42. The Morgan fingerprint density at radius 1 is 0.879 bits per heavy atom. The lowest BCUT2D eigenvalue weighted by molar-refractivity contribution is -0.137. The van der Waals surface area contributed by atoms with E-state index in [2.05, 4.69) is 17.0 Å². The molecule has 0 spiro atoms. The van der Waals surface area contributed by atoms with Gasteiger partial charge < -0.3 is 4.74 Å². The van der Waals surface area contributed by atoms with Gasteiger partial charge in [-0.2, -0.15) is 13.2 Å². The zero-order valence-electron chi connectivity index (χ0n) is 17.9. The molecule has 2 atom stereocenters. The molecule has 7 heteroatoms. The van der Waals surface area contributed by atoms with Crippen LogP contribution in [0.15, 0.2) is 72.8 Å². The van der Waals surface area contributed by atoms with Crippen LogP contribution in [0.1, 0.15) is 29.0 Å². The molecule has 0 saturated carbocycles. The van der Waals surface area contributed by atoms with E-state index >= 15 is 0 Å². The Hall–Kier alpha value is -2.21. The average molecular weight is 494 g/mol. The van der Waals surface area contributed by atoms with Crippen molar-refractivity contribution in [2.75, 3.05) is 19.7 Å². The highest BCUT2D eigenvalue weighted by Gasteiger charge is 2.34. The molecule has 0 N–H and O–H groups in total. The van der Waals surface area contributed by atoms with Crippen LogP contribution in [0, 0.1) is 5.92 Å². The summed E-state index contributed by atoms with van der Waals surface area (Å²) in [6.07, 6.45) is -3.57. The van der Waals surface area contributed by atoms with Gasteiger partial charge in [0, 0.05) is 25.6 Å². The number of ether oxygens (including phenoxy) is 1. The summed E-state index contributed by atoms with van der Waals surface area (Å²) in [6.45, 7) is 3.07. The van der Waals surface area contributed by atoms with Gasteiger partial charge >= 0.3 is 6.18 Å². The number of hydrogen-bond acceptors (Lipinski definition) is 2. The van der Waals surface area contributed by atoms with Crippen LogP contribution in [0.5, 0.6) is 5.75 Å². The smallest absolute Gasteiger partial charge is 0.416 e. The summed E-state index contributed by atoms with van der Waals surface area (Å²) in [5.74, 6) is 1.02. The number of halogens is 5. The molecule has 0 aromatic heterocycles. The van der Waals surface area contributed by atoms with Gasteiger partial charge in [0.25, 0.3) is 0 Å². The van der Waals surface area contributed by atoms with Gasteiger partial charge in [-0.05, 0) is 59.9 Å². The topological polar surface area (TPSA) is 12.5 Å². The fraction of sp³-hybridized carbons (Fsp3) is 0.308. The largest absolute Gasteiger partial charge is 0.494 e. The molecule has 2 unspecified atom stereocenters. The Morgan fingerprint density at radius 2 is 1.61 bits per heavy atom. The number of alkyl halides is 3. The number of nitrogens with zero attached hydrogens (tertiary/aromatic N) is 1. The first-order valence-electron chi connectivity index (χ1n) is 10.8. The van der Waals surface area contributed by atoms with Gasteiger partial charge in [0.15, 0.2) is 0 Å². The lowest BCUT2D eigenvalue weighted by Crippen LogP contribution is -2.20. The predicted octanol–water partition coefficient (Wildman–Crippen LogP) is 7.70. The summed E-state index contributed by atoms with van der Waals surface area (Å²) in [4.78, 5) is 2.42. The lowest BCUT2D eigenvalue weighted by Gasteiger charge is -2.19. The summed E-state index contributed by atoms with van der Waals surface area (Å²) in [6, 6.07) is 20.9. The molecule has 0 radical (unpaired) electrons. The predicted molar refractivity (Wildman–Crippen MR) is 126 cm³/mol. The van der Waals surface area contributed by atoms with Gasteiger partial charge in [-0.25, -0.2) is 0 Å². The van der Waals surface area contributed by atoms with E-state index in [-0.39, 0.29) is 5.92 Å². The first-order valence-corrected chi connectivity index (χ1v) is 11.6. The summed E-state index contributed by atoms with van der Waals surface area (Å²) >= 11 is 12.4. The third kappa shape index (κ3) is 6.23. The van der Waals surface area contributed by atoms with Crippen molar-refractivity contribution in [1.29, 1.82) is 0 Å².